The third-order valence-corrected chi connectivity index (χ3v) is 2.46. The molecule has 0 unspecified atom stereocenters. The molecule has 4 nitrogen and oxygen atoms in total. The van der Waals surface area contributed by atoms with Crippen LogP contribution in [0.4, 0.5) is 5.69 Å². The zero-order valence-electron chi connectivity index (χ0n) is 11.3. The molecule has 0 bridgehead atoms. The van der Waals surface area contributed by atoms with E-state index >= 15 is 0 Å². The van der Waals surface area contributed by atoms with Crippen LogP contribution in [-0.4, -0.2) is 25.7 Å². The fourth-order valence-electron chi connectivity index (χ4n) is 1.50. The Kier molecular flexibility index (Phi) is 6.39. The maximum absolute atomic E-state index is 11.5. The van der Waals surface area contributed by atoms with Gasteiger partial charge in [0.05, 0.1) is 13.0 Å². The Morgan fingerprint density at radius 2 is 2.17 bits per heavy atom. The van der Waals surface area contributed by atoms with Crippen molar-refractivity contribution in [1.29, 1.82) is 0 Å². The third-order valence-electron chi connectivity index (χ3n) is 2.46. The molecule has 0 heterocycles. The monoisotopic (exact) mass is 250 g/mol. The molecule has 0 aliphatic heterocycles. The van der Waals surface area contributed by atoms with Gasteiger partial charge in [-0.3, -0.25) is 4.79 Å². The molecule has 0 radical (unpaired) electrons. The van der Waals surface area contributed by atoms with E-state index < -0.39 is 0 Å². The predicted molar refractivity (Wildman–Crippen MR) is 73.5 cm³/mol. The number of amides is 1. The summed E-state index contributed by atoms with van der Waals surface area (Å²) in [5, 5.41) is 6.20. The van der Waals surface area contributed by atoms with E-state index in [2.05, 4.69) is 24.5 Å². The molecule has 1 rings (SSSR count). The summed E-state index contributed by atoms with van der Waals surface area (Å²) < 4.78 is 4.87. The molecule has 1 amide bonds. The van der Waals surface area contributed by atoms with E-state index in [4.69, 9.17) is 4.74 Å². The van der Waals surface area contributed by atoms with Gasteiger partial charge in [0.25, 0.3) is 0 Å². The normalized spacial score (nSPS) is 10.7. The van der Waals surface area contributed by atoms with Gasteiger partial charge in [0, 0.05) is 25.4 Å². The van der Waals surface area contributed by atoms with Gasteiger partial charge < -0.3 is 15.4 Å². The summed E-state index contributed by atoms with van der Waals surface area (Å²) in [6, 6.07) is 8.32. The number of methoxy groups -OCH3 is 1. The van der Waals surface area contributed by atoms with E-state index in [0.29, 0.717) is 19.1 Å². The fraction of sp³-hybridized carbons (Fsp3) is 0.500. The van der Waals surface area contributed by atoms with Crippen molar-refractivity contribution in [2.75, 3.05) is 19.0 Å². The predicted octanol–water partition coefficient (Wildman–Crippen LogP) is 2.16. The van der Waals surface area contributed by atoms with Gasteiger partial charge in [0.2, 0.25) is 5.91 Å². The molecule has 0 aliphatic rings. The molecule has 0 saturated carbocycles. The number of anilines is 1. The number of carbonyl (C=O) groups excluding carboxylic acids is 1. The van der Waals surface area contributed by atoms with E-state index in [9.17, 15) is 4.79 Å². The van der Waals surface area contributed by atoms with Crippen LogP contribution in [0.3, 0.4) is 0 Å². The van der Waals surface area contributed by atoms with E-state index in [0.717, 1.165) is 17.8 Å². The molecular weight excluding hydrogens is 228 g/mol. The lowest BCUT2D eigenvalue weighted by Gasteiger charge is -2.10. The second-order valence-electron chi connectivity index (χ2n) is 4.53. The Labute approximate surface area is 109 Å². The van der Waals surface area contributed by atoms with Crippen molar-refractivity contribution in [2.24, 2.45) is 0 Å². The van der Waals surface area contributed by atoms with Crippen molar-refractivity contribution in [1.82, 2.24) is 5.32 Å². The first-order valence-electron chi connectivity index (χ1n) is 6.23. The molecule has 0 atom stereocenters. The van der Waals surface area contributed by atoms with E-state index in [1.807, 2.05) is 24.3 Å². The van der Waals surface area contributed by atoms with Crippen molar-refractivity contribution < 1.29 is 9.53 Å². The molecule has 0 fully saturated rings. The minimum atomic E-state index is -0.0224. The topological polar surface area (TPSA) is 50.4 Å². The van der Waals surface area contributed by atoms with Crippen molar-refractivity contribution in [2.45, 2.75) is 32.9 Å². The average molecular weight is 250 g/mol. The van der Waals surface area contributed by atoms with Crippen LogP contribution in [0.5, 0.6) is 0 Å². The number of hydrogen-bond acceptors (Lipinski definition) is 3. The SMILES string of the molecule is COCCC(=O)Nc1cccc(CNC(C)C)c1. The van der Waals surface area contributed by atoms with E-state index in [1.165, 1.54) is 0 Å². The number of nitrogens with one attached hydrogen (secondary N) is 2. The summed E-state index contributed by atoms with van der Waals surface area (Å²) in [6.07, 6.45) is 0.380. The summed E-state index contributed by atoms with van der Waals surface area (Å²) in [6.45, 7) is 5.46. The van der Waals surface area contributed by atoms with Crippen molar-refractivity contribution >= 4 is 11.6 Å². The highest BCUT2D eigenvalue weighted by molar-refractivity contribution is 5.90. The van der Waals surface area contributed by atoms with Crippen molar-refractivity contribution in [3.05, 3.63) is 29.8 Å². The molecule has 100 valence electrons. The summed E-state index contributed by atoms with van der Waals surface area (Å²) in [7, 11) is 1.59. The van der Waals surface area contributed by atoms with E-state index in [1.54, 1.807) is 7.11 Å². The van der Waals surface area contributed by atoms with Gasteiger partial charge in [-0.15, -0.1) is 0 Å². The lowest BCUT2D eigenvalue weighted by atomic mass is 10.2. The Hall–Kier alpha value is -1.39. The number of hydrogen-bond donors (Lipinski definition) is 2. The molecule has 0 aromatic heterocycles. The number of rotatable bonds is 7. The summed E-state index contributed by atoms with van der Waals surface area (Å²) in [5.41, 5.74) is 1.99. The highest BCUT2D eigenvalue weighted by Crippen LogP contribution is 2.11. The third kappa shape index (κ3) is 5.80. The molecule has 1 aromatic rings. The second-order valence-corrected chi connectivity index (χ2v) is 4.53. The molecule has 18 heavy (non-hydrogen) atoms. The number of benzene rings is 1. The highest BCUT2D eigenvalue weighted by Gasteiger charge is 2.02. The van der Waals surface area contributed by atoms with Crippen LogP contribution in [0.2, 0.25) is 0 Å². The maximum atomic E-state index is 11.5. The highest BCUT2D eigenvalue weighted by atomic mass is 16.5. The van der Waals surface area contributed by atoms with Crippen molar-refractivity contribution in [3.63, 3.8) is 0 Å². The maximum Gasteiger partial charge on any atom is 0.226 e. The minimum absolute atomic E-state index is 0.0224. The summed E-state index contributed by atoms with van der Waals surface area (Å²) in [4.78, 5) is 11.5. The lowest BCUT2D eigenvalue weighted by Crippen LogP contribution is -2.22. The molecular formula is C14H22N2O2. The van der Waals surface area contributed by atoms with Crippen LogP contribution in [0, 0.1) is 0 Å². The second kappa shape index (κ2) is 7.84. The van der Waals surface area contributed by atoms with Crippen LogP contribution in [-0.2, 0) is 16.1 Å². The summed E-state index contributed by atoms with van der Waals surface area (Å²) in [5.74, 6) is -0.0224. The Morgan fingerprint density at radius 3 is 2.83 bits per heavy atom. The first kappa shape index (κ1) is 14.7. The molecule has 4 heteroatoms. The van der Waals surface area contributed by atoms with Crippen molar-refractivity contribution in [3.8, 4) is 0 Å². The number of ether oxygens (including phenoxy) is 1. The van der Waals surface area contributed by atoms with Crippen LogP contribution >= 0.6 is 0 Å². The lowest BCUT2D eigenvalue weighted by molar-refractivity contribution is -0.117. The van der Waals surface area contributed by atoms with Gasteiger partial charge in [-0.1, -0.05) is 26.0 Å². The molecule has 2 N–H and O–H groups in total. The minimum Gasteiger partial charge on any atom is -0.384 e. The average Bonchev–Trinajstić information content (AvgIpc) is 2.34. The zero-order valence-corrected chi connectivity index (χ0v) is 11.3. The standard InChI is InChI=1S/C14H22N2O2/c1-11(2)15-10-12-5-4-6-13(9-12)16-14(17)7-8-18-3/h4-6,9,11,15H,7-8,10H2,1-3H3,(H,16,17). The smallest absolute Gasteiger partial charge is 0.226 e. The Balaban J connectivity index is 2.51. The van der Waals surface area contributed by atoms with Crippen LogP contribution in [0.25, 0.3) is 0 Å². The quantitative estimate of drug-likeness (QED) is 0.779. The van der Waals surface area contributed by atoms with Gasteiger partial charge >= 0.3 is 0 Å². The zero-order chi connectivity index (χ0) is 13.4. The Bertz CT molecular complexity index is 378. The first-order valence-corrected chi connectivity index (χ1v) is 6.23. The van der Waals surface area contributed by atoms with Gasteiger partial charge in [-0.2, -0.15) is 0 Å². The van der Waals surface area contributed by atoms with Crippen LogP contribution in [0.1, 0.15) is 25.8 Å². The van der Waals surface area contributed by atoms with Crippen LogP contribution < -0.4 is 10.6 Å². The summed E-state index contributed by atoms with van der Waals surface area (Å²) >= 11 is 0. The van der Waals surface area contributed by atoms with Gasteiger partial charge in [0.15, 0.2) is 0 Å². The molecule has 0 aliphatic carbocycles. The Morgan fingerprint density at radius 1 is 1.39 bits per heavy atom. The van der Waals surface area contributed by atoms with Gasteiger partial charge in [0.1, 0.15) is 0 Å². The number of carbonyl (C=O) groups is 1. The fourth-order valence-corrected chi connectivity index (χ4v) is 1.50. The van der Waals surface area contributed by atoms with Gasteiger partial charge in [-0.25, -0.2) is 0 Å². The van der Waals surface area contributed by atoms with E-state index in [-0.39, 0.29) is 5.91 Å². The molecule has 0 saturated heterocycles. The molecule has 0 spiro atoms. The van der Waals surface area contributed by atoms with Crippen LogP contribution in [0.15, 0.2) is 24.3 Å². The first-order chi connectivity index (χ1) is 8.61. The largest absolute Gasteiger partial charge is 0.384 e. The van der Waals surface area contributed by atoms with Gasteiger partial charge in [-0.05, 0) is 17.7 Å². The molecule has 1 aromatic carbocycles.